The number of carbonyl (C=O) groups is 3. The fourth-order valence-electron chi connectivity index (χ4n) is 3.42. The minimum absolute atomic E-state index is 0.0226. The highest BCUT2D eigenvalue weighted by atomic mass is 16.6. The second kappa shape index (κ2) is 8.73. The van der Waals surface area contributed by atoms with Gasteiger partial charge in [0.05, 0.1) is 0 Å². The number of alkyl carbamates (subject to hydrolysis) is 1. The quantitative estimate of drug-likeness (QED) is 0.366. The largest absolute Gasteiger partial charge is 0.465 e. The number of amides is 2. The summed E-state index contributed by atoms with van der Waals surface area (Å²) >= 11 is 0. The predicted octanol–water partition coefficient (Wildman–Crippen LogP) is 2.29. The molecule has 0 aromatic carbocycles. The summed E-state index contributed by atoms with van der Waals surface area (Å²) in [5, 5.41) is 14.1. The first-order chi connectivity index (χ1) is 11.6. The van der Waals surface area contributed by atoms with Crippen molar-refractivity contribution in [2.24, 2.45) is 10.8 Å². The van der Waals surface area contributed by atoms with E-state index in [4.69, 9.17) is 14.6 Å². The molecule has 8 heteroatoms. The molecule has 0 aromatic rings. The van der Waals surface area contributed by atoms with E-state index in [1.807, 2.05) is 20.8 Å². The third kappa shape index (κ3) is 7.03. The molecule has 1 aliphatic rings. The molecule has 142 valence electrons. The lowest BCUT2D eigenvalue weighted by molar-refractivity contribution is -0.138. The van der Waals surface area contributed by atoms with Crippen LogP contribution in [0.25, 0.3) is 0 Å². The molecule has 1 fully saturated rings. The SMILES string of the molecule is C=CC(=O)OCCOC(=O)NC1CCC(C)(CNC(=O)O)CC1(C)C. The molecule has 2 atom stereocenters. The zero-order valence-corrected chi connectivity index (χ0v) is 15.1. The summed E-state index contributed by atoms with van der Waals surface area (Å²) < 4.78 is 9.74. The Hall–Kier alpha value is -2.25. The summed E-state index contributed by atoms with van der Waals surface area (Å²) in [7, 11) is 0. The average molecular weight is 356 g/mol. The van der Waals surface area contributed by atoms with Crippen molar-refractivity contribution in [3.8, 4) is 0 Å². The molecular weight excluding hydrogens is 328 g/mol. The zero-order chi connectivity index (χ0) is 19.1. The van der Waals surface area contributed by atoms with Gasteiger partial charge >= 0.3 is 18.2 Å². The van der Waals surface area contributed by atoms with Crippen LogP contribution in [0.4, 0.5) is 9.59 Å². The van der Waals surface area contributed by atoms with Crippen molar-refractivity contribution in [2.45, 2.75) is 46.1 Å². The summed E-state index contributed by atoms with van der Waals surface area (Å²) in [4.78, 5) is 33.5. The molecule has 0 heterocycles. The molecule has 2 unspecified atom stereocenters. The Morgan fingerprint density at radius 1 is 1.24 bits per heavy atom. The van der Waals surface area contributed by atoms with Gasteiger partial charge in [-0.15, -0.1) is 0 Å². The van der Waals surface area contributed by atoms with E-state index < -0.39 is 18.2 Å². The van der Waals surface area contributed by atoms with Gasteiger partial charge in [0.15, 0.2) is 0 Å². The van der Waals surface area contributed by atoms with Gasteiger partial charge in [0.1, 0.15) is 13.2 Å². The van der Waals surface area contributed by atoms with Crippen LogP contribution < -0.4 is 10.6 Å². The lowest BCUT2D eigenvalue weighted by Crippen LogP contribution is -2.53. The molecule has 3 N–H and O–H groups in total. The van der Waals surface area contributed by atoms with Gasteiger partial charge in [0.25, 0.3) is 0 Å². The first kappa shape index (κ1) is 20.8. The highest BCUT2D eigenvalue weighted by Gasteiger charge is 2.43. The Morgan fingerprint density at radius 3 is 2.44 bits per heavy atom. The Bertz CT molecular complexity index is 519. The van der Waals surface area contributed by atoms with E-state index in [0.717, 1.165) is 25.3 Å². The van der Waals surface area contributed by atoms with E-state index in [1.165, 1.54) is 0 Å². The summed E-state index contributed by atoms with van der Waals surface area (Å²) in [6, 6.07) is -0.0753. The van der Waals surface area contributed by atoms with Gasteiger partial charge in [-0.2, -0.15) is 0 Å². The molecule has 1 saturated carbocycles. The highest BCUT2D eigenvalue weighted by molar-refractivity contribution is 5.81. The second-order valence-corrected chi connectivity index (χ2v) is 7.38. The van der Waals surface area contributed by atoms with Crippen LogP contribution in [0.2, 0.25) is 0 Å². The standard InChI is InChI=1S/C17H28N2O6/c1-5-13(20)24-8-9-25-15(23)19-12-6-7-17(4,10-16(12,2)3)11-18-14(21)22/h5,12,18H,1,6-11H2,2-4H3,(H,19,23)(H,21,22). The lowest BCUT2D eigenvalue weighted by Gasteiger charge is -2.47. The summed E-state index contributed by atoms with van der Waals surface area (Å²) in [6.07, 6.45) is 1.74. The lowest BCUT2D eigenvalue weighted by atomic mass is 9.62. The number of hydrogen-bond acceptors (Lipinski definition) is 5. The Morgan fingerprint density at radius 2 is 1.88 bits per heavy atom. The molecule has 2 amide bonds. The van der Waals surface area contributed by atoms with Crippen LogP contribution in [0.3, 0.4) is 0 Å². The van der Waals surface area contributed by atoms with Crippen LogP contribution in [-0.4, -0.2) is 49.1 Å². The predicted molar refractivity (Wildman–Crippen MR) is 91.2 cm³/mol. The molecule has 8 nitrogen and oxygen atoms in total. The van der Waals surface area contributed by atoms with Gasteiger partial charge < -0.3 is 25.2 Å². The minimum atomic E-state index is -1.03. The zero-order valence-electron chi connectivity index (χ0n) is 15.1. The molecule has 0 aliphatic heterocycles. The molecule has 1 rings (SSSR count). The van der Waals surface area contributed by atoms with Crippen molar-refractivity contribution in [1.82, 2.24) is 10.6 Å². The fourth-order valence-corrected chi connectivity index (χ4v) is 3.42. The maximum atomic E-state index is 11.9. The Kier molecular flexibility index (Phi) is 7.26. The van der Waals surface area contributed by atoms with Crippen LogP contribution in [0.1, 0.15) is 40.0 Å². The Balaban J connectivity index is 2.44. The fraction of sp³-hybridized carbons (Fsp3) is 0.706. The van der Waals surface area contributed by atoms with Crippen LogP contribution in [0.5, 0.6) is 0 Å². The minimum Gasteiger partial charge on any atom is -0.465 e. The van der Waals surface area contributed by atoms with Crippen LogP contribution in [-0.2, 0) is 14.3 Å². The molecular formula is C17H28N2O6. The van der Waals surface area contributed by atoms with E-state index in [9.17, 15) is 14.4 Å². The van der Waals surface area contributed by atoms with Crippen molar-refractivity contribution in [3.63, 3.8) is 0 Å². The third-order valence-corrected chi connectivity index (χ3v) is 4.55. The van der Waals surface area contributed by atoms with Gasteiger partial charge in [-0.3, -0.25) is 0 Å². The van der Waals surface area contributed by atoms with Crippen molar-refractivity contribution < 1.29 is 29.0 Å². The molecule has 0 spiro atoms. The van der Waals surface area contributed by atoms with Gasteiger partial charge in [0.2, 0.25) is 0 Å². The van der Waals surface area contributed by atoms with Crippen molar-refractivity contribution in [3.05, 3.63) is 12.7 Å². The van der Waals surface area contributed by atoms with Gasteiger partial charge in [-0.05, 0) is 30.1 Å². The number of nitrogens with one attached hydrogen (secondary N) is 2. The third-order valence-electron chi connectivity index (χ3n) is 4.55. The van der Waals surface area contributed by atoms with E-state index in [-0.39, 0.29) is 30.1 Å². The average Bonchev–Trinajstić information content (AvgIpc) is 2.52. The molecule has 1 aliphatic carbocycles. The van der Waals surface area contributed by atoms with Gasteiger partial charge in [0, 0.05) is 18.7 Å². The topological polar surface area (TPSA) is 114 Å². The number of rotatable bonds is 7. The second-order valence-electron chi connectivity index (χ2n) is 7.38. The van der Waals surface area contributed by atoms with Gasteiger partial charge in [-0.25, -0.2) is 14.4 Å². The molecule has 0 bridgehead atoms. The highest BCUT2D eigenvalue weighted by Crippen LogP contribution is 2.45. The molecule has 0 saturated heterocycles. The first-order valence-electron chi connectivity index (χ1n) is 8.27. The molecule has 0 aromatic heterocycles. The number of ether oxygens (including phenoxy) is 2. The van der Waals surface area contributed by atoms with E-state index in [1.54, 1.807) is 0 Å². The molecule has 0 radical (unpaired) electrons. The normalized spacial score (nSPS) is 24.7. The van der Waals surface area contributed by atoms with Crippen LogP contribution >= 0.6 is 0 Å². The summed E-state index contributed by atoms with van der Waals surface area (Å²) in [5.41, 5.74) is -0.357. The van der Waals surface area contributed by atoms with Gasteiger partial charge in [-0.1, -0.05) is 27.4 Å². The number of esters is 1. The molecule has 25 heavy (non-hydrogen) atoms. The van der Waals surface area contributed by atoms with Crippen LogP contribution in [0.15, 0.2) is 12.7 Å². The van der Waals surface area contributed by atoms with Crippen LogP contribution in [0, 0.1) is 10.8 Å². The maximum Gasteiger partial charge on any atom is 0.407 e. The number of hydrogen-bond donors (Lipinski definition) is 3. The number of carbonyl (C=O) groups excluding carboxylic acids is 2. The van der Waals surface area contributed by atoms with E-state index in [0.29, 0.717) is 6.54 Å². The number of carboxylic acid groups (broad SMARTS) is 1. The van der Waals surface area contributed by atoms with Crippen molar-refractivity contribution in [2.75, 3.05) is 19.8 Å². The monoisotopic (exact) mass is 356 g/mol. The van der Waals surface area contributed by atoms with Crippen molar-refractivity contribution in [1.29, 1.82) is 0 Å². The summed E-state index contributed by atoms with van der Waals surface area (Å²) in [6.45, 7) is 9.74. The smallest absolute Gasteiger partial charge is 0.407 e. The maximum absolute atomic E-state index is 11.9. The van der Waals surface area contributed by atoms with E-state index in [2.05, 4.69) is 17.2 Å². The van der Waals surface area contributed by atoms with E-state index >= 15 is 0 Å². The first-order valence-corrected chi connectivity index (χ1v) is 8.27. The summed E-state index contributed by atoms with van der Waals surface area (Å²) in [5.74, 6) is -0.563. The Labute approximate surface area is 147 Å². The van der Waals surface area contributed by atoms with Crippen molar-refractivity contribution >= 4 is 18.2 Å².